The van der Waals surface area contributed by atoms with Crippen molar-refractivity contribution >= 4 is 22.5 Å². The largest absolute Gasteiger partial charge is 0.327 e. The number of likely N-dealkylation sites (tertiary alicyclic amines) is 1. The van der Waals surface area contributed by atoms with E-state index in [0.29, 0.717) is 36.2 Å². The number of hydrogen-bond donors (Lipinski definition) is 3. The van der Waals surface area contributed by atoms with Crippen LogP contribution in [0.5, 0.6) is 0 Å². The van der Waals surface area contributed by atoms with Gasteiger partial charge in [-0.15, -0.1) is 0 Å². The third-order valence-electron chi connectivity index (χ3n) is 5.94. The molecule has 0 bridgehead atoms. The van der Waals surface area contributed by atoms with E-state index in [-0.39, 0.29) is 24.1 Å². The van der Waals surface area contributed by atoms with Gasteiger partial charge in [0.2, 0.25) is 5.56 Å². The van der Waals surface area contributed by atoms with Crippen LogP contribution in [0.3, 0.4) is 0 Å². The molecule has 0 aliphatic carbocycles. The van der Waals surface area contributed by atoms with Gasteiger partial charge in [0.25, 0.3) is 11.8 Å². The zero-order valence-corrected chi connectivity index (χ0v) is 18.1. The molecular formula is C24H22F2N6O2. The molecule has 10 heteroatoms. The van der Waals surface area contributed by atoms with Crippen LogP contribution in [0.4, 0.5) is 14.5 Å². The van der Waals surface area contributed by atoms with Crippen molar-refractivity contribution in [3.05, 3.63) is 76.6 Å². The summed E-state index contributed by atoms with van der Waals surface area (Å²) < 4.78 is 26.9. The van der Waals surface area contributed by atoms with Crippen molar-refractivity contribution in [1.29, 1.82) is 0 Å². The number of benzene rings is 1. The number of hydrogen-bond acceptors (Lipinski definition) is 5. The van der Waals surface area contributed by atoms with Crippen LogP contribution in [0.1, 0.15) is 28.9 Å². The molecule has 1 aromatic carbocycles. The molecule has 3 N–H and O–H groups in total. The predicted octanol–water partition coefficient (Wildman–Crippen LogP) is 3.80. The molecule has 1 aliphatic heterocycles. The number of carbonyl (C=O) groups excluding carboxylic acids is 1. The fraction of sp³-hybridized carbons (Fsp3) is 0.250. The predicted molar refractivity (Wildman–Crippen MR) is 124 cm³/mol. The third kappa shape index (κ3) is 4.72. The summed E-state index contributed by atoms with van der Waals surface area (Å²) in [6.07, 6.45) is 4.65. The Bertz CT molecular complexity index is 1380. The number of anilines is 1. The zero-order chi connectivity index (χ0) is 23.7. The van der Waals surface area contributed by atoms with Crippen LogP contribution in [0.15, 0.2) is 59.8 Å². The van der Waals surface area contributed by atoms with Gasteiger partial charge in [-0.25, -0.2) is 8.78 Å². The van der Waals surface area contributed by atoms with Gasteiger partial charge < -0.3 is 10.3 Å². The van der Waals surface area contributed by atoms with Crippen LogP contribution in [0.2, 0.25) is 0 Å². The summed E-state index contributed by atoms with van der Waals surface area (Å²) in [5.41, 5.74) is 3.76. The van der Waals surface area contributed by atoms with E-state index in [1.54, 1.807) is 12.4 Å². The van der Waals surface area contributed by atoms with E-state index in [1.807, 2.05) is 29.2 Å². The number of halogens is 2. The molecule has 34 heavy (non-hydrogen) atoms. The highest BCUT2D eigenvalue weighted by Gasteiger charge is 2.33. The number of fused-ring (bicyclic) bond motifs is 1. The number of carbonyl (C=O) groups is 1. The molecule has 0 spiro atoms. The lowest BCUT2D eigenvalue weighted by Gasteiger charge is -2.31. The standard InChI is InChI=1S/C24H22F2N6O2/c25-24(26)5-7-32(8-6-24)14-15-9-17(12-27-11-15)16-1-3-20-19(10-16)22(31-30-20)23(34)29-18-2-4-21(33)28-13-18/h1-4,9-13H,5-8,14H2,(H,28,33)(H,29,34)(H,30,31). The Morgan fingerprint density at radius 3 is 2.68 bits per heavy atom. The summed E-state index contributed by atoms with van der Waals surface area (Å²) in [6, 6.07) is 10.4. The normalized spacial score (nSPS) is 15.9. The fourth-order valence-electron chi connectivity index (χ4n) is 4.07. The number of nitrogens with one attached hydrogen (secondary N) is 3. The number of rotatable bonds is 5. The molecule has 0 radical (unpaired) electrons. The maximum atomic E-state index is 13.4. The minimum Gasteiger partial charge on any atom is -0.327 e. The Balaban J connectivity index is 1.37. The smallest absolute Gasteiger partial charge is 0.276 e. The Labute approximate surface area is 193 Å². The average molecular weight is 464 g/mol. The summed E-state index contributed by atoms with van der Waals surface area (Å²) in [5.74, 6) is -2.98. The lowest BCUT2D eigenvalue weighted by Crippen LogP contribution is -2.38. The number of piperidine rings is 1. The minimum atomic E-state index is -2.57. The minimum absolute atomic E-state index is 0.124. The van der Waals surface area contributed by atoms with Gasteiger partial charge in [0.1, 0.15) is 0 Å². The Hall–Kier alpha value is -3.92. The first-order chi connectivity index (χ1) is 16.4. The van der Waals surface area contributed by atoms with Gasteiger partial charge in [-0.2, -0.15) is 5.10 Å². The van der Waals surface area contributed by atoms with Crippen LogP contribution in [0, 0.1) is 0 Å². The first kappa shape index (κ1) is 21.9. The third-order valence-corrected chi connectivity index (χ3v) is 5.94. The van der Waals surface area contributed by atoms with Crippen LogP contribution < -0.4 is 10.9 Å². The Kier molecular flexibility index (Phi) is 5.66. The topological polar surface area (TPSA) is 107 Å². The van der Waals surface area contributed by atoms with Crippen LogP contribution >= 0.6 is 0 Å². The first-order valence-electron chi connectivity index (χ1n) is 10.9. The summed E-state index contributed by atoms with van der Waals surface area (Å²) in [7, 11) is 0. The maximum Gasteiger partial charge on any atom is 0.276 e. The number of nitrogens with zero attached hydrogens (tertiary/aromatic N) is 3. The van der Waals surface area contributed by atoms with Gasteiger partial charge >= 0.3 is 0 Å². The second-order valence-corrected chi connectivity index (χ2v) is 8.44. The molecular weight excluding hydrogens is 442 g/mol. The SMILES string of the molecule is O=C(Nc1ccc(=O)[nH]c1)c1n[nH]c2ccc(-c3cncc(CN4CCC(F)(F)CC4)c3)cc12. The Morgan fingerprint density at radius 1 is 1.09 bits per heavy atom. The average Bonchev–Trinajstić information content (AvgIpc) is 3.26. The second kappa shape index (κ2) is 8.79. The first-order valence-corrected chi connectivity index (χ1v) is 10.9. The molecule has 0 atom stereocenters. The molecule has 0 unspecified atom stereocenters. The van der Waals surface area contributed by atoms with Crippen molar-refractivity contribution < 1.29 is 13.6 Å². The molecule has 4 heterocycles. The summed E-state index contributed by atoms with van der Waals surface area (Å²) in [4.78, 5) is 32.9. The number of H-pyrrole nitrogens is 2. The van der Waals surface area contributed by atoms with Gasteiger partial charge in [-0.05, 0) is 35.4 Å². The van der Waals surface area contributed by atoms with Gasteiger partial charge in [-0.3, -0.25) is 24.6 Å². The van der Waals surface area contributed by atoms with E-state index < -0.39 is 11.8 Å². The van der Waals surface area contributed by atoms with E-state index in [0.717, 1.165) is 16.7 Å². The molecule has 5 rings (SSSR count). The van der Waals surface area contributed by atoms with Crippen LogP contribution in [-0.4, -0.2) is 50.0 Å². The highest BCUT2D eigenvalue weighted by atomic mass is 19.3. The van der Waals surface area contributed by atoms with E-state index in [9.17, 15) is 18.4 Å². The van der Waals surface area contributed by atoms with Crippen molar-refractivity contribution in [3.63, 3.8) is 0 Å². The molecule has 3 aromatic heterocycles. The van der Waals surface area contributed by atoms with E-state index in [4.69, 9.17) is 0 Å². The number of aromatic amines is 2. The lowest BCUT2D eigenvalue weighted by atomic mass is 10.0. The monoisotopic (exact) mass is 464 g/mol. The number of alkyl halides is 2. The van der Waals surface area contributed by atoms with Gasteiger partial charge in [-0.1, -0.05) is 6.07 Å². The lowest BCUT2D eigenvalue weighted by molar-refractivity contribution is -0.0566. The molecule has 1 saturated heterocycles. The van der Waals surface area contributed by atoms with Crippen molar-refractivity contribution in [1.82, 2.24) is 25.1 Å². The van der Waals surface area contributed by atoms with Crippen molar-refractivity contribution in [2.45, 2.75) is 25.3 Å². The number of aromatic nitrogens is 4. The highest BCUT2D eigenvalue weighted by molar-refractivity contribution is 6.11. The second-order valence-electron chi connectivity index (χ2n) is 8.44. The molecule has 1 amide bonds. The zero-order valence-electron chi connectivity index (χ0n) is 18.1. The van der Waals surface area contributed by atoms with E-state index >= 15 is 0 Å². The van der Waals surface area contributed by atoms with Gasteiger partial charge in [0.05, 0.1) is 11.2 Å². The Morgan fingerprint density at radius 2 is 1.91 bits per heavy atom. The molecule has 174 valence electrons. The summed E-state index contributed by atoms with van der Waals surface area (Å²) in [5, 5.41) is 10.4. The van der Waals surface area contributed by atoms with E-state index in [1.165, 1.54) is 18.3 Å². The van der Waals surface area contributed by atoms with Crippen molar-refractivity contribution in [3.8, 4) is 11.1 Å². The van der Waals surface area contributed by atoms with Crippen LogP contribution in [-0.2, 0) is 6.54 Å². The highest BCUT2D eigenvalue weighted by Crippen LogP contribution is 2.29. The fourth-order valence-corrected chi connectivity index (χ4v) is 4.07. The molecule has 8 nitrogen and oxygen atoms in total. The van der Waals surface area contributed by atoms with Crippen LogP contribution in [0.25, 0.3) is 22.0 Å². The molecule has 4 aromatic rings. The van der Waals surface area contributed by atoms with Gasteiger partial charge in [0.15, 0.2) is 5.69 Å². The summed E-state index contributed by atoms with van der Waals surface area (Å²) >= 11 is 0. The molecule has 1 fully saturated rings. The number of amides is 1. The quantitative estimate of drug-likeness (QED) is 0.417. The molecule has 1 aliphatic rings. The molecule has 0 saturated carbocycles. The van der Waals surface area contributed by atoms with Crippen molar-refractivity contribution in [2.24, 2.45) is 0 Å². The summed E-state index contributed by atoms with van der Waals surface area (Å²) in [6.45, 7) is 1.26. The van der Waals surface area contributed by atoms with Crippen molar-refractivity contribution in [2.75, 3.05) is 18.4 Å². The van der Waals surface area contributed by atoms with E-state index in [2.05, 4.69) is 25.5 Å². The van der Waals surface area contributed by atoms with Gasteiger partial charge in [0, 0.05) is 68.1 Å². The maximum absolute atomic E-state index is 13.4. The number of pyridine rings is 2.